The van der Waals surface area contributed by atoms with E-state index in [0.717, 1.165) is 22.9 Å². The van der Waals surface area contributed by atoms with Crippen LogP contribution in [0.3, 0.4) is 0 Å². The summed E-state index contributed by atoms with van der Waals surface area (Å²) in [5.74, 6) is 0.0415. The van der Waals surface area contributed by atoms with Crippen LogP contribution < -0.4 is 0 Å². The SMILES string of the molecule is O=C(CCc1ccc(Br)cc1)N1CCCC1CS(=O)(=O)c1ccccc1. The van der Waals surface area contributed by atoms with E-state index in [1.165, 1.54) is 0 Å². The highest BCUT2D eigenvalue weighted by Gasteiger charge is 2.32. The number of nitrogens with zero attached hydrogens (tertiary/aromatic N) is 1. The van der Waals surface area contributed by atoms with Gasteiger partial charge in [-0.15, -0.1) is 0 Å². The Balaban J connectivity index is 1.62. The second-order valence-corrected chi connectivity index (χ2v) is 9.55. The first-order chi connectivity index (χ1) is 12.5. The Kier molecular flexibility index (Phi) is 6.14. The molecule has 0 aromatic heterocycles. The number of amides is 1. The maximum absolute atomic E-state index is 12.6. The zero-order valence-electron chi connectivity index (χ0n) is 14.5. The molecule has 1 heterocycles. The third kappa shape index (κ3) is 4.74. The van der Waals surface area contributed by atoms with Gasteiger partial charge in [-0.3, -0.25) is 4.79 Å². The molecule has 4 nitrogen and oxygen atoms in total. The molecule has 1 aliphatic heterocycles. The Morgan fingerprint density at radius 2 is 1.77 bits per heavy atom. The predicted octanol–water partition coefficient (Wildman–Crippen LogP) is 3.85. The van der Waals surface area contributed by atoms with Crippen molar-refractivity contribution >= 4 is 31.7 Å². The summed E-state index contributed by atoms with van der Waals surface area (Å²) < 4.78 is 26.3. The summed E-state index contributed by atoms with van der Waals surface area (Å²) in [6.07, 6.45) is 2.68. The van der Waals surface area contributed by atoms with E-state index in [0.29, 0.717) is 24.3 Å². The third-order valence-electron chi connectivity index (χ3n) is 4.75. The first-order valence-electron chi connectivity index (χ1n) is 8.77. The Bertz CT molecular complexity index is 850. The molecule has 2 aromatic rings. The van der Waals surface area contributed by atoms with Gasteiger partial charge in [0.05, 0.1) is 10.6 Å². The molecule has 0 aliphatic carbocycles. The average molecular weight is 436 g/mol. The van der Waals surface area contributed by atoms with Crippen molar-refractivity contribution in [1.29, 1.82) is 0 Å². The number of carbonyl (C=O) groups excluding carboxylic acids is 1. The minimum Gasteiger partial charge on any atom is -0.339 e. The predicted molar refractivity (Wildman–Crippen MR) is 106 cm³/mol. The lowest BCUT2D eigenvalue weighted by molar-refractivity contribution is -0.131. The van der Waals surface area contributed by atoms with E-state index >= 15 is 0 Å². The van der Waals surface area contributed by atoms with Crippen molar-refractivity contribution < 1.29 is 13.2 Å². The number of hydrogen-bond donors (Lipinski definition) is 0. The summed E-state index contributed by atoms with van der Waals surface area (Å²) in [6, 6.07) is 16.2. The van der Waals surface area contributed by atoms with Crippen molar-refractivity contribution in [2.45, 2.75) is 36.6 Å². The molecule has 1 unspecified atom stereocenters. The minimum atomic E-state index is -3.38. The summed E-state index contributed by atoms with van der Waals surface area (Å²) in [5, 5.41) is 0. The summed E-state index contributed by atoms with van der Waals surface area (Å²) in [5.41, 5.74) is 1.11. The molecule has 3 rings (SSSR count). The van der Waals surface area contributed by atoms with Crippen molar-refractivity contribution in [3.63, 3.8) is 0 Å². The van der Waals surface area contributed by atoms with Crippen LogP contribution in [0.15, 0.2) is 64.0 Å². The Morgan fingerprint density at radius 1 is 1.08 bits per heavy atom. The van der Waals surface area contributed by atoms with Gasteiger partial charge in [0.25, 0.3) is 0 Å². The summed E-state index contributed by atoms with van der Waals surface area (Å²) >= 11 is 3.40. The number of aryl methyl sites for hydroxylation is 1. The minimum absolute atomic E-state index is 0.00103. The van der Waals surface area contributed by atoms with Gasteiger partial charge in [-0.1, -0.05) is 46.3 Å². The van der Waals surface area contributed by atoms with Gasteiger partial charge in [-0.25, -0.2) is 8.42 Å². The van der Waals surface area contributed by atoms with Gasteiger partial charge in [-0.05, 0) is 49.1 Å². The van der Waals surface area contributed by atoms with Crippen LogP contribution in [0.5, 0.6) is 0 Å². The van der Waals surface area contributed by atoms with E-state index in [1.807, 2.05) is 24.3 Å². The fourth-order valence-electron chi connectivity index (χ4n) is 3.36. The maximum Gasteiger partial charge on any atom is 0.223 e. The summed E-state index contributed by atoms with van der Waals surface area (Å²) in [6.45, 7) is 0.647. The molecule has 0 bridgehead atoms. The number of hydrogen-bond acceptors (Lipinski definition) is 3. The largest absolute Gasteiger partial charge is 0.339 e. The first kappa shape index (κ1) is 19.1. The number of halogens is 1. The molecule has 1 atom stereocenters. The van der Waals surface area contributed by atoms with Gasteiger partial charge in [0.15, 0.2) is 9.84 Å². The van der Waals surface area contributed by atoms with Crippen LogP contribution in [0.1, 0.15) is 24.8 Å². The monoisotopic (exact) mass is 435 g/mol. The molecule has 1 amide bonds. The van der Waals surface area contributed by atoms with Crippen LogP contribution in [-0.4, -0.2) is 37.6 Å². The van der Waals surface area contributed by atoms with E-state index in [4.69, 9.17) is 0 Å². The van der Waals surface area contributed by atoms with Crippen LogP contribution in [0.4, 0.5) is 0 Å². The average Bonchev–Trinajstić information content (AvgIpc) is 3.09. The van der Waals surface area contributed by atoms with Crippen molar-refractivity contribution in [3.05, 3.63) is 64.6 Å². The van der Waals surface area contributed by atoms with E-state index in [-0.39, 0.29) is 17.7 Å². The molecule has 2 aromatic carbocycles. The van der Waals surface area contributed by atoms with E-state index in [2.05, 4.69) is 15.9 Å². The second-order valence-electron chi connectivity index (χ2n) is 6.60. The first-order valence-corrected chi connectivity index (χ1v) is 11.2. The Labute approximate surface area is 163 Å². The lowest BCUT2D eigenvalue weighted by atomic mass is 10.1. The Morgan fingerprint density at radius 3 is 2.46 bits per heavy atom. The van der Waals surface area contributed by atoms with Crippen LogP contribution in [-0.2, 0) is 21.1 Å². The van der Waals surface area contributed by atoms with Crippen LogP contribution in [0, 0.1) is 0 Å². The van der Waals surface area contributed by atoms with Gasteiger partial charge >= 0.3 is 0 Å². The van der Waals surface area contributed by atoms with Gasteiger partial charge in [-0.2, -0.15) is 0 Å². The molecule has 138 valence electrons. The fraction of sp³-hybridized carbons (Fsp3) is 0.350. The van der Waals surface area contributed by atoms with Gasteiger partial charge < -0.3 is 4.90 Å². The fourth-order valence-corrected chi connectivity index (χ4v) is 5.24. The molecular formula is C20H22BrNO3S. The quantitative estimate of drug-likeness (QED) is 0.692. The van der Waals surface area contributed by atoms with E-state index in [9.17, 15) is 13.2 Å². The molecule has 0 N–H and O–H groups in total. The van der Waals surface area contributed by atoms with E-state index < -0.39 is 9.84 Å². The van der Waals surface area contributed by atoms with E-state index in [1.54, 1.807) is 35.2 Å². The standard InChI is InChI=1S/C20H22BrNO3S/c21-17-11-8-16(9-12-17)10-13-20(23)22-14-4-5-18(22)15-26(24,25)19-6-2-1-3-7-19/h1-3,6-9,11-12,18H,4-5,10,13-15H2. The van der Waals surface area contributed by atoms with Gasteiger partial charge in [0, 0.05) is 23.5 Å². The van der Waals surface area contributed by atoms with Crippen LogP contribution in [0.2, 0.25) is 0 Å². The molecule has 1 aliphatic rings. The normalized spacial score (nSPS) is 17.4. The zero-order valence-corrected chi connectivity index (χ0v) is 16.9. The number of rotatable bonds is 6. The molecule has 0 spiro atoms. The molecule has 1 fully saturated rings. The highest BCUT2D eigenvalue weighted by atomic mass is 79.9. The number of carbonyl (C=O) groups is 1. The van der Waals surface area contributed by atoms with Gasteiger partial charge in [0.2, 0.25) is 5.91 Å². The van der Waals surface area contributed by atoms with Crippen LogP contribution >= 0.6 is 15.9 Å². The van der Waals surface area contributed by atoms with Crippen molar-refractivity contribution in [2.24, 2.45) is 0 Å². The van der Waals surface area contributed by atoms with Crippen molar-refractivity contribution in [1.82, 2.24) is 4.90 Å². The van der Waals surface area contributed by atoms with Crippen molar-refractivity contribution in [2.75, 3.05) is 12.3 Å². The zero-order chi connectivity index (χ0) is 18.6. The molecule has 0 saturated carbocycles. The highest BCUT2D eigenvalue weighted by Crippen LogP contribution is 2.23. The third-order valence-corrected chi connectivity index (χ3v) is 7.10. The second kappa shape index (κ2) is 8.35. The maximum atomic E-state index is 12.6. The van der Waals surface area contributed by atoms with Crippen molar-refractivity contribution in [3.8, 4) is 0 Å². The topological polar surface area (TPSA) is 54.5 Å². The number of sulfone groups is 1. The molecule has 1 saturated heterocycles. The Hall–Kier alpha value is -1.66. The lowest BCUT2D eigenvalue weighted by Gasteiger charge is -2.24. The molecular weight excluding hydrogens is 414 g/mol. The molecule has 26 heavy (non-hydrogen) atoms. The number of benzene rings is 2. The molecule has 0 radical (unpaired) electrons. The summed E-state index contributed by atoms with van der Waals surface area (Å²) in [4.78, 5) is 14.7. The number of likely N-dealkylation sites (tertiary alicyclic amines) is 1. The van der Waals surface area contributed by atoms with Crippen LogP contribution in [0.25, 0.3) is 0 Å². The molecule has 6 heteroatoms. The lowest BCUT2D eigenvalue weighted by Crippen LogP contribution is -2.39. The summed E-state index contributed by atoms with van der Waals surface area (Å²) in [7, 11) is -3.38. The smallest absolute Gasteiger partial charge is 0.223 e. The highest BCUT2D eigenvalue weighted by molar-refractivity contribution is 9.10. The van der Waals surface area contributed by atoms with Gasteiger partial charge in [0.1, 0.15) is 0 Å².